The predicted octanol–water partition coefficient (Wildman–Crippen LogP) is 1.74. The van der Waals surface area contributed by atoms with Crippen molar-refractivity contribution in [1.82, 2.24) is 9.55 Å². The topological polar surface area (TPSA) is 62.3 Å². The van der Waals surface area contributed by atoms with Crippen LogP contribution in [0, 0.1) is 0 Å². The van der Waals surface area contributed by atoms with Crippen LogP contribution in [0.2, 0.25) is 0 Å². The summed E-state index contributed by atoms with van der Waals surface area (Å²) >= 11 is 0. The van der Waals surface area contributed by atoms with Gasteiger partial charge in [-0.1, -0.05) is 30.3 Å². The predicted molar refractivity (Wildman–Crippen MR) is 79.9 cm³/mol. The number of nitrogens with two attached hydrogens (primary N) is 1. The lowest BCUT2D eigenvalue weighted by atomic mass is 10.0. The van der Waals surface area contributed by atoms with E-state index >= 15 is 0 Å². The van der Waals surface area contributed by atoms with E-state index in [9.17, 15) is 0 Å². The van der Waals surface area contributed by atoms with Crippen molar-refractivity contribution in [2.45, 2.75) is 24.6 Å². The lowest BCUT2D eigenvalue weighted by Crippen LogP contribution is -2.37. The molecule has 112 valence electrons. The number of hydrogen-bond donors (Lipinski definition) is 1. The second-order valence-electron chi connectivity index (χ2n) is 5.52. The van der Waals surface area contributed by atoms with E-state index < -0.39 is 0 Å². The Kier molecular flexibility index (Phi) is 4.05. The molecule has 0 amide bonds. The van der Waals surface area contributed by atoms with Gasteiger partial charge in [-0.25, -0.2) is 4.98 Å². The molecule has 3 rings (SSSR count). The summed E-state index contributed by atoms with van der Waals surface area (Å²) in [6, 6.07) is 9.86. The molecule has 21 heavy (non-hydrogen) atoms. The Bertz CT molecular complexity index is 576. The van der Waals surface area contributed by atoms with Gasteiger partial charge in [-0.3, -0.25) is 0 Å². The molecule has 2 heterocycles. The van der Waals surface area contributed by atoms with Gasteiger partial charge in [0.2, 0.25) is 0 Å². The monoisotopic (exact) mass is 287 g/mol. The molecule has 5 heteroatoms. The first-order valence-corrected chi connectivity index (χ1v) is 7.17. The van der Waals surface area contributed by atoms with Crippen LogP contribution in [0.4, 0.5) is 0 Å². The van der Waals surface area contributed by atoms with Crippen molar-refractivity contribution in [1.29, 1.82) is 0 Å². The van der Waals surface area contributed by atoms with E-state index in [2.05, 4.69) is 9.55 Å². The summed E-state index contributed by atoms with van der Waals surface area (Å²) in [5, 5.41) is 0. The number of ether oxygens (including phenoxy) is 2. The summed E-state index contributed by atoms with van der Waals surface area (Å²) in [4.78, 5) is 4.26. The fourth-order valence-corrected chi connectivity index (χ4v) is 2.80. The number of benzene rings is 1. The molecule has 1 aliphatic heterocycles. The summed E-state index contributed by atoms with van der Waals surface area (Å²) in [5.41, 5.74) is 8.18. The van der Waals surface area contributed by atoms with E-state index in [0.29, 0.717) is 13.2 Å². The number of methoxy groups -OCH3 is 1. The van der Waals surface area contributed by atoms with Gasteiger partial charge in [-0.05, 0) is 5.56 Å². The highest BCUT2D eigenvalue weighted by atomic mass is 16.5. The fourth-order valence-electron chi connectivity index (χ4n) is 2.80. The summed E-state index contributed by atoms with van der Waals surface area (Å²) in [7, 11) is 1.74. The molecule has 2 atom stereocenters. The van der Waals surface area contributed by atoms with Crippen molar-refractivity contribution in [3.63, 3.8) is 0 Å². The Morgan fingerprint density at radius 3 is 2.90 bits per heavy atom. The van der Waals surface area contributed by atoms with Gasteiger partial charge in [0.25, 0.3) is 0 Å². The van der Waals surface area contributed by atoms with Gasteiger partial charge in [-0.15, -0.1) is 0 Å². The third kappa shape index (κ3) is 2.85. The van der Waals surface area contributed by atoms with E-state index in [1.165, 1.54) is 0 Å². The average Bonchev–Trinajstić information content (AvgIpc) is 3.18. The minimum absolute atomic E-state index is 0.190. The van der Waals surface area contributed by atoms with E-state index in [4.69, 9.17) is 15.2 Å². The minimum atomic E-state index is -0.272. The molecule has 0 spiro atoms. The highest BCUT2D eigenvalue weighted by Gasteiger charge is 2.36. The van der Waals surface area contributed by atoms with E-state index in [0.717, 1.165) is 24.3 Å². The number of aromatic nitrogens is 2. The molecule has 0 aliphatic carbocycles. The Morgan fingerprint density at radius 1 is 1.43 bits per heavy atom. The average molecular weight is 287 g/mol. The van der Waals surface area contributed by atoms with Gasteiger partial charge in [0.05, 0.1) is 37.4 Å². The van der Waals surface area contributed by atoms with Gasteiger partial charge in [0.1, 0.15) is 5.60 Å². The summed E-state index contributed by atoms with van der Waals surface area (Å²) in [6.07, 6.45) is 4.54. The fraction of sp³-hybridized carbons (Fsp3) is 0.438. The Labute approximate surface area is 124 Å². The van der Waals surface area contributed by atoms with Gasteiger partial charge >= 0.3 is 0 Å². The quantitative estimate of drug-likeness (QED) is 0.910. The zero-order valence-corrected chi connectivity index (χ0v) is 12.2. The van der Waals surface area contributed by atoms with E-state index in [1.807, 2.05) is 42.9 Å². The molecule has 0 bridgehead atoms. The van der Waals surface area contributed by atoms with Crippen molar-refractivity contribution in [2.75, 3.05) is 20.3 Å². The van der Waals surface area contributed by atoms with Crippen LogP contribution in [0.1, 0.15) is 23.7 Å². The first-order valence-electron chi connectivity index (χ1n) is 7.17. The number of hydrogen-bond acceptors (Lipinski definition) is 4. The van der Waals surface area contributed by atoms with Crippen LogP contribution in [-0.2, 0) is 16.0 Å². The number of rotatable bonds is 5. The van der Waals surface area contributed by atoms with Crippen LogP contribution in [0.3, 0.4) is 0 Å². The molecule has 0 saturated carbocycles. The summed E-state index contributed by atoms with van der Waals surface area (Å²) < 4.78 is 13.3. The van der Waals surface area contributed by atoms with Gasteiger partial charge in [-0.2, -0.15) is 0 Å². The van der Waals surface area contributed by atoms with E-state index in [-0.39, 0.29) is 11.6 Å². The van der Waals surface area contributed by atoms with Crippen LogP contribution >= 0.6 is 0 Å². The first-order chi connectivity index (χ1) is 10.2. The molecular weight excluding hydrogens is 266 g/mol. The highest BCUT2D eigenvalue weighted by Crippen LogP contribution is 2.27. The maximum absolute atomic E-state index is 6.39. The first kappa shape index (κ1) is 14.3. The number of imidazole rings is 1. The Morgan fingerprint density at radius 2 is 2.24 bits per heavy atom. The van der Waals surface area contributed by atoms with Gasteiger partial charge in [0.15, 0.2) is 0 Å². The van der Waals surface area contributed by atoms with Crippen molar-refractivity contribution < 1.29 is 9.47 Å². The molecular formula is C16H21N3O2. The zero-order chi connectivity index (χ0) is 14.7. The van der Waals surface area contributed by atoms with Crippen molar-refractivity contribution in [3.05, 3.63) is 54.1 Å². The lowest BCUT2D eigenvalue weighted by molar-refractivity contribution is -0.0300. The van der Waals surface area contributed by atoms with Crippen molar-refractivity contribution in [2.24, 2.45) is 5.73 Å². The molecule has 1 fully saturated rings. The normalized spacial score (nSPS) is 23.3. The second kappa shape index (κ2) is 5.97. The largest absolute Gasteiger partial charge is 0.378 e. The highest BCUT2D eigenvalue weighted by molar-refractivity contribution is 5.26. The van der Waals surface area contributed by atoms with Crippen molar-refractivity contribution >= 4 is 0 Å². The maximum Gasteiger partial charge on any atom is 0.111 e. The molecule has 2 N–H and O–H groups in total. The molecule has 1 aliphatic rings. The zero-order valence-electron chi connectivity index (χ0n) is 12.2. The smallest absolute Gasteiger partial charge is 0.111 e. The standard InChI is InChI=1S/C16H21N3O2/c1-20-16(7-8-21-11-16)10-19-12-18-9-14(19)15(17)13-5-3-2-4-6-13/h2-6,9,12,15H,7-8,10-11,17H2,1H3. The summed E-state index contributed by atoms with van der Waals surface area (Å²) in [5.74, 6) is 0. The molecule has 0 radical (unpaired) electrons. The molecule has 5 nitrogen and oxygen atoms in total. The Hall–Kier alpha value is -1.69. The maximum atomic E-state index is 6.39. The second-order valence-corrected chi connectivity index (χ2v) is 5.52. The van der Waals surface area contributed by atoms with E-state index in [1.54, 1.807) is 7.11 Å². The van der Waals surface area contributed by atoms with Gasteiger partial charge < -0.3 is 19.8 Å². The number of nitrogens with zero attached hydrogens (tertiary/aromatic N) is 2. The third-order valence-corrected chi connectivity index (χ3v) is 4.18. The summed E-state index contributed by atoms with van der Waals surface area (Å²) in [6.45, 7) is 2.06. The third-order valence-electron chi connectivity index (χ3n) is 4.18. The molecule has 2 unspecified atom stereocenters. The van der Waals surface area contributed by atoms with Crippen molar-refractivity contribution in [3.8, 4) is 0 Å². The SMILES string of the molecule is COC1(Cn2cncc2C(N)c2ccccc2)CCOC1. The van der Waals surface area contributed by atoms with Crippen LogP contribution < -0.4 is 5.73 Å². The van der Waals surface area contributed by atoms with Crippen LogP contribution in [0.25, 0.3) is 0 Å². The van der Waals surface area contributed by atoms with Crippen LogP contribution in [-0.4, -0.2) is 35.5 Å². The Balaban J connectivity index is 1.84. The lowest BCUT2D eigenvalue weighted by Gasteiger charge is -2.27. The van der Waals surface area contributed by atoms with Crippen LogP contribution in [0.5, 0.6) is 0 Å². The van der Waals surface area contributed by atoms with Crippen LogP contribution in [0.15, 0.2) is 42.9 Å². The molecule has 1 aromatic heterocycles. The molecule has 1 saturated heterocycles. The molecule has 2 aromatic rings. The molecule has 1 aromatic carbocycles. The minimum Gasteiger partial charge on any atom is -0.378 e. The van der Waals surface area contributed by atoms with Gasteiger partial charge in [0, 0.05) is 20.1 Å².